The van der Waals surface area contributed by atoms with Gasteiger partial charge in [-0.05, 0) is 66.1 Å². The Balaban J connectivity index is 0.000000714. The summed E-state index contributed by atoms with van der Waals surface area (Å²) in [7, 11) is -1.84. The SMILES string of the molecule is CCN(CC)c1cccc(CN(C)C(=O)c2cc(-c3ccccc3)c(=O)n3ccc4ccsc4c23)c1.CS(=O)(=O)O. The fourth-order valence-electron chi connectivity index (χ4n) is 4.79. The molecule has 0 spiro atoms. The van der Waals surface area contributed by atoms with E-state index in [1.807, 2.05) is 61.0 Å². The van der Waals surface area contributed by atoms with Gasteiger partial charge in [-0.15, -0.1) is 11.3 Å². The van der Waals surface area contributed by atoms with Crippen molar-refractivity contribution in [3.05, 3.63) is 106 Å². The third-order valence-electron chi connectivity index (χ3n) is 6.67. The topological polar surface area (TPSA) is 99.4 Å². The van der Waals surface area contributed by atoms with Gasteiger partial charge in [-0.3, -0.25) is 18.5 Å². The standard InChI is InChI=1S/C30H29N3O2S.CH4O3S/c1-4-32(5-2)24-13-9-10-21(18-24)20-31(3)29(34)26-19-25(22-11-7-6-8-12-22)30(35)33-16-14-23-15-17-36-28(23)27(26)33;1-5(2,3)4/h6-19H,4-5,20H2,1-3H3;1H3,(H,2,3,4). The predicted octanol–water partition coefficient (Wildman–Crippen LogP) is 5.80. The van der Waals surface area contributed by atoms with Gasteiger partial charge in [0.05, 0.1) is 22.0 Å². The minimum Gasteiger partial charge on any atom is -0.372 e. The number of benzene rings is 2. The van der Waals surface area contributed by atoms with Gasteiger partial charge in [0.2, 0.25) is 0 Å². The zero-order valence-electron chi connectivity index (χ0n) is 23.4. The second-order valence-corrected chi connectivity index (χ2v) is 12.0. The van der Waals surface area contributed by atoms with Crippen LogP contribution in [-0.2, 0) is 16.7 Å². The number of carbonyl (C=O) groups is 1. The number of fused-ring (bicyclic) bond motifs is 3. The lowest BCUT2D eigenvalue weighted by atomic mass is 10.0. The second kappa shape index (κ2) is 12.7. The first kappa shape index (κ1) is 30.0. The molecule has 0 aliphatic carbocycles. The Kier molecular flexibility index (Phi) is 9.27. The number of aromatic nitrogens is 1. The second-order valence-electron chi connectivity index (χ2n) is 9.62. The van der Waals surface area contributed by atoms with Crippen molar-refractivity contribution in [2.75, 3.05) is 31.3 Å². The van der Waals surface area contributed by atoms with Gasteiger partial charge in [-0.1, -0.05) is 42.5 Å². The van der Waals surface area contributed by atoms with Crippen molar-refractivity contribution in [2.45, 2.75) is 20.4 Å². The molecule has 0 fully saturated rings. The Labute approximate surface area is 243 Å². The van der Waals surface area contributed by atoms with E-state index >= 15 is 0 Å². The Bertz CT molecular complexity index is 1830. The molecule has 0 saturated heterocycles. The number of amides is 1. The highest BCUT2D eigenvalue weighted by Crippen LogP contribution is 2.30. The Morgan fingerprint density at radius 2 is 1.66 bits per heavy atom. The minimum absolute atomic E-state index is 0.112. The highest BCUT2D eigenvalue weighted by molar-refractivity contribution is 7.85. The molecule has 10 heteroatoms. The van der Waals surface area contributed by atoms with Crippen LogP contribution in [0.1, 0.15) is 29.8 Å². The van der Waals surface area contributed by atoms with Crippen molar-refractivity contribution in [1.29, 1.82) is 0 Å². The first-order valence-corrected chi connectivity index (χ1v) is 15.9. The third kappa shape index (κ3) is 7.02. The lowest BCUT2D eigenvalue weighted by Gasteiger charge is -2.23. The molecule has 5 aromatic rings. The molecular weight excluding hydrogens is 558 g/mol. The van der Waals surface area contributed by atoms with Crippen molar-refractivity contribution in [2.24, 2.45) is 0 Å². The van der Waals surface area contributed by atoms with Gasteiger partial charge in [0.15, 0.2) is 0 Å². The number of pyridine rings is 2. The van der Waals surface area contributed by atoms with Crippen molar-refractivity contribution in [3.63, 3.8) is 0 Å². The van der Waals surface area contributed by atoms with Crippen LogP contribution in [0.3, 0.4) is 0 Å². The molecule has 3 heterocycles. The number of anilines is 1. The van der Waals surface area contributed by atoms with Crippen molar-refractivity contribution >= 4 is 48.7 Å². The maximum absolute atomic E-state index is 14.0. The number of hydrogen-bond donors (Lipinski definition) is 1. The average molecular weight is 592 g/mol. The van der Waals surface area contributed by atoms with E-state index in [9.17, 15) is 18.0 Å². The molecule has 0 radical (unpaired) electrons. The molecule has 0 aliphatic rings. The summed E-state index contributed by atoms with van der Waals surface area (Å²) in [5, 5.41) is 3.02. The van der Waals surface area contributed by atoms with Crippen LogP contribution >= 0.6 is 11.3 Å². The quantitative estimate of drug-likeness (QED) is 0.240. The first-order valence-electron chi connectivity index (χ1n) is 13.1. The predicted molar refractivity (Wildman–Crippen MR) is 168 cm³/mol. The molecule has 1 amide bonds. The molecular formula is C31H33N3O5S2. The molecule has 0 atom stereocenters. The van der Waals surface area contributed by atoms with E-state index < -0.39 is 10.1 Å². The summed E-state index contributed by atoms with van der Waals surface area (Å²) in [6, 6.07) is 23.6. The highest BCUT2D eigenvalue weighted by atomic mass is 32.2. The van der Waals surface area contributed by atoms with Gasteiger partial charge in [0.25, 0.3) is 21.6 Å². The van der Waals surface area contributed by atoms with Crippen LogP contribution in [0.4, 0.5) is 5.69 Å². The molecule has 214 valence electrons. The zero-order chi connectivity index (χ0) is 29.7. The van der Waals surface area contributed by atoms with Crippen LogP contribution in [0, 0.1) is 0 Å². The normalized spacial score (nSPS) is 11.2. The van der Waals surface area contributed by atoms with Crippen molar-refractivity contribution in [3.8, 4) is 11.1 Å². The summed E-state index contributed by atoms with van der Waals surface area (Å²) < 4.78 is 28.4. The minimum atomic E-state index is -3.67. The summed E-state index contributed by atoms with van der Waals surface area (Å²) in [5.74, 6) is -0.112. The van der Waals surface area contributed by atoms with Crippen LogP contribution in [-0.4, -0.2) is 54.6 Å². The maximum atomic E-state index is 14.0. The van der Waals surface area contributed by atoms with Gasteiger partial charge in [-0.25, -0.2) is 0 Å². The maximum Gasteiger partial charge on any atom is 0.263 e. The van der Waals surface area contributed by atoms with Crippen LogP contribution in [0.2, 0.25) is 0 Å². The molecule has 2 aromatic carbocycles. The smallest absolute Gasteiger partial charge is 0.263 e. The van der Waals surface area contributed by atoms with E-state index in [2.05, 4.69) is 36.9 Å². The zero-order valence-corrected chi connectivity index (χ0v) is 25.1. The van der Waals surface area contributed by atoms with E-state index in [0.29, 0.717) is 29.4 Å². The van der Waals surface area contributed by atoms with Crippen LogP contribution in [0.15, 0.2) is 89.2 Å². The van der Waals surface area contributed by atoms with Gasteiger partial charge in [0.1, 0.15) is 0 Å². The van der Waals surface area contributed by atoms with Crippen molar-refractivity contribution in [1.82, 2.24) is 9.30 Å². The highest BCUT2D eigenvalue weighted by Gasteiger charge is 2.22. The van der Waals surface area contributed by atoms with E-state index in [4.69, 9.17) is 4.55 Å². The number of thiophene rings is 1. The summed E-state index contributed by atoms with van der Waals surface area (Å²) >= 11 is 1.55. The largest absolute Gasteiger partial charge is 0.372 e. The average Bonchev–Trinajstić information content (AvgIpc) is 3.43. The van der Waals surface area contributed by atoms with E-state index in [-0.39, 0.29) is 11.5 Å². The van der Waals surface area contributed by atoms with Gasteiger partial charge in [0, 0.05) is 44.1 Å². The fraction of sp³-hybridized carbons (Fsp3) is 0.226. The molecule has 0 aliphatic heterocycles. The monoisotopic (exact) mass is 591 g/mol. The molecule has 3 aromatic heterocycles. The molecule has 8 nitrogen and oxygen atoms in total. The molecule has 5 rings (SSSR count). The van der Waals surface area contributed by atoms with Crippen LogP contribution < -0.4 is 10.5 Å². The molecule has 0 saturated carbocycles. The molecule has 0 unspecified atom stereocenters. The fourth-order valence-corrected chi connectivity index (χ4v) is 5.73. The Morgan fingerprint density at radius 3 is 2.32 bits per heavy atom. The first-order chi connectivity index (χ1) is 19.5. The number of rotatable bonds is 7. The summed E-state index contributed by atoms with van der Waals surface area (Å²) in [4.78, 5) is 31.5. The number of hydrogen-bond acceptors (Lipinski definition) is 6. The Hall–Kier alpha value is -3.99. The number of carbonyl (C=O) groups excluding carboxylic acids is 1. The number of nitrogens with zero attached hydrogens (tertiary/aromatic N) is 3. The third-order valence-corrected chi connectivity index (χ3v) is 7.61. The molecule has 0 bridgehead atoms. The van der Waals surface area contributed by atoms with Crippen molar-refractivity contribution < 1.29 is 17.8 Å². The van der Waals surface area contributed by atoms with Gasteiger partial charge in [-0.2, -0.15) is 8.42 Å². The molecule has 1 N–H and O–H groups in total. The van der Waals surface area contributed by atoms with Gasteiger partial charge < -0.3 is 9.80 Å². The van der Waals surface area contributed by atoms with E-state index in [1.54, 1.807) is 32.9 Å². The van der Waals surface area contributed by atoms with Gasteiger partial charge >= 0.3 is 0 Å². The lowest BCUT2D eigenvalue weighted by Crippen LogP contribution is -2.29. The lowest BCUT2D eigenvalue weighted by molar-refractivity contribution is 0.0786. The summed E-state index contributed by atoms with van der Waals surface area (Å²) in [5.41, 5.74) is 4.61. The Morgan fingerprint density at radius 1 is 0.976 bits per heavy atom. The molecule has 41 heavy (non-hydrogen) atoms. The summed E-state index contributed by atoms with van der Waals surface area (Å²) in [6.45, 7) is 6.62. The van der Waals surface area contributed by atoms with Crippen LogP contribution in [0.5, 0.6) is 0 Å². The van der Waals surface area contributed by atoms with Crippen LogP contribution in [0.25, 0.3) is 26.7 Å². The van der Waals surface area contributed by atoms with E-state index in [0.717, 1.165) is 40.0 Å². The summed E-state index contributed by atoms with van der Waals surface area (Å²) in [6.07, 6.45) is 2.50. The van der Waals surface area contributed by atoms with E-state index in [1.165, 1.54) is 0 Å².